The van der Waals surface area contributed by atoms with Crippen molar-refractivity contribution in [1.29, 1.82) is 0 Å². The third-order valence-electron chi connectivity index (χ3n) is 5.63. The molecule has 0 spiro atoms. The Bertz CT molecular complexity index is 1290. The summed E-state index contributed by atoms with van der Waals surface area (Å²) >= 11 is 0. The summed E-state index contributed by atoms with van der Waals surface area (Å²) in [6, 6.07) is 23.9. The van der Waals surface area contributed by atoms with E-state index in [0.717, 1.165) is 11.1 Å². The molecule has 36 heavy (non-hydrogen) atoms. The van der Waals surface area contributed by atoms with Crippen LogP contribution in [0, 0.1) is 0 Å². The molecule has 0 heterocycles. The molecule has 1 amide bonds. The van der Waals surface area contributed by atoms with Gasteiger partial charge in [0.05, 0.1) is 10.5 Å². The third-order valence-corrected chi connectivity index (χ3v) is 7.17. The quantitative estimate of drug-likeness (QED) is 0.423. The van der Waals surface area contributed by atoms with Gasteiger partial charge in [-0.15, -0.1) is 0 Å². The summed E-state index contributed by atoms with van der Waals surface area (Å²) in [4.78, 5) is 27.2. The molecule has 3 aromatic rings. The lowest BCUT2D eigenvalue weighted by molar-refractivity contribution is -0.140. The number of ether oxygens (including phenoxy) is 1. The molecule has 0 unspecified atom stereocenters. The Labute approximate surface area is 213 Å². The molecule has 0 saturated heterocycles. The van der Waals surface area contributed by atoms with E-state index in [9.17, 15) is 18.0 Å². The number of sulfonamides is 1. The van der Waals surface area contributed by atoms with E-state index < -0.39 is 34.2 Å². The molecule has 7 nitrogen and oxygen atoms in total. The third kappa shape index (κ3) is 7.26. The smallest absolute Gasteiger partial charge is 0.338 e. The zero-order chi connectivity index (χ0) is 26.3. The Hall–Kier alpha value is -3.49. The van der Waals surface area contributed by atoms with E-state index in [2.05, 4.69) is 4.72 Å². The predicted octanol–water partition coefficient (Wildman–Crippen LogP) is 4.71. The van der Waals surface area contributed by atoms with Gasteiger partial charge in [0.1, 0.15) is 0 Å². The van der Waals surface area contributed by atoms with Gasteiger partial charge in [-0.3, -0.25) is 4.79 Å². The minimum absolute atomic E-state index is 0.0448. The number of hydrogen-bond acceptors (Lipinski definition) is 5. The first kappa shape index (κ1) is 27.1. The molecular weight excluding hydrogens is 476 g/mol. The second-order valence-electron chi connectivity index (χ2n) is 9.49. The highest BCUT2D eigenvalue weighted by Crippen LogP contribution is 2.20. The van der Waals surface area contributed by atoms with Crippen molar-refractivity contribution in [3.63, 3.8) is 0 Å². The van der Waals surface area contributed by atoms with Crippen LogP contribution in [-0.2, 0) is 26.1 Å². The maximum atomic E-state index is 13.0. The topological polar surface area (TPSA) is 92.8 Å². The molecule has 1 atom stereocenters. The summed E-state index contributed by atoms with van der Waals surface area (Å²) in [5.74, 6) is -1.12. The SMILES string of the molecule is C[C@@H](NS(=O)(=O)c1cccc(C(=O)OCC(=O)N(Cc2ccccc2)C(C)(C)C)c1)c1ccccc1. The van der Waals surface area contributed by atoms with E-state index in [-0.39, 0.29) is 16.4 Å². The van der Waals surface area contributed by atoms with E-state index in [4.69, 9.17) is 4.74 Å². The molecule has 0 aromatic heterocycles. The Kier molecular flexibility index (Phi) is 8.66. The van der Waals surface area contributed by atoms with Gasteiger partial charge in [-0.2, -0.15) is 0 Å². The standard InChI is InChI=1S/C28H32N2O5S/c1-21(23-14-9-6-10-15-23)29-36(33,34)25-17-11-16-24(18-25)27(32)35-20-26(31)30(28(2,3)4)19-22-12-7-5-8-13-22/h5-18,21,29H,19-20H2,1-4H3/t21-/m1/s1. The molecule has 3 rings (SSSR count). The van der Waals surface area contributed by atoms with Crippen LogP contribution in [0.5, 0.6) is 0 Å². The highest BCUT2D eigenvalue weighted by Gasteiger charge is 2.28. The summed E-state index contributed by atoms with van der Waals surface area (Å²) < 4.78 is 33.7. The fourth-order valence-corrected chi connectivity index (χ4v) is 4.93. The fraction of sp³-hybridized carbons (Fsp3) is 0.286. The van der Waals surface area contributed by atoms with Crippen molar-refractivity contribution in [3.8, 4) is 0 Å². The number of amides is 1. The lowest BCUT2D eigenvalue weighted by atomic mass is 10.0. The van der Waals surface area contributed by atoms with Gasteiger partial charge in [-0.05, 0) is 57.0 Å². The number of nitrogens with one attached hydrogen (secondary N) is 1. The molecular formula is C28H32N2O5S. The monoisotopic (exact) mass is 508 g/mol. The molecule has 0 aliphatic rings. The number of benzene rings is 3. The average Bonchev–Trinajstić information content (AvgIpc) is 2.86. The molecule has 1 N–H and O–H groups in total. The molecule has 0 aliphatic heterocycles. The second-order valence-corrected chi connectivity index (χ2v) is 11.2. The first-order valence-electron chi connectivity index (χ1n) is 11.7. The van der Waals surface area contributed by atoms with Crippen LogP contribution in [-0.4, -0.2) is 37.3 Å². The van der Waals surface area contributed by atoms with Crippen LogP contribution in [0.4, 0.5) is 0 Å². The zero-order valence-corrected chi connectivity index (χ0v) is 21.8. The van der Waals surface area contributed by atoms with Gasteiger partial charge in [-0.1, -0.05) is 66.7 Å². The van der Waals surface area contributed by atoms with Gasteiger partial charge in [0.15, 0.2) is 6.61 Å². The van der Waals surface area contributed by atoms with Crippen molar-refractivity contribution in [3.05, 3.63) is 102 Å². The average molecular weight is 509 g/mol. The van der Waals surface area contributed by atoms with Crippen molar-refractivity contribution in [1.82, 2.24) is 9.62 Å². The van der Waals surface area contributed by atoms with Gasteiger partial charge in [0, 0.05) is 18.1 Å². The van der Waals surface area contributed by atoms with Crippen molar-refractivity contribution in [2.24, 2.45) is 0 Å². The first-order chi connectivity index (χ1) is 17.0. The zero-order valence-electron chi connectivity index (χ0n) is 21.0. The normalized spacial score (nSPS) is 12.6. The molecule has 3 aromatic carbocycles. The minimum atomic E-state index is -3.90. The molecule has 0 aliphatic carbocycles. The van der Waals surface area contributed by atoms with Gasteiger partial charge >= 0.3 is 5.97 Å². The number of hydrogen-bond donors (Lipinski definition) is 1. The van der Waals surface area contributed by atoms with Crippen LogP contribution in [0.3, 0.4) is 0 Å². The van der Waals surface area contributed by atoms with Crippen molar-refractivity contribution < 1.29 is 22.7 Å². The van der Waals surface area contributed by atoms with Crippen molar-refractivity contribution in [2.45, 2.75) is 50.7 Å². The summed E-state index contributed by atoms with van der Waals surface area (Å²) in [5.41, 5.74) is 1.33. The highest BCUT2D eigenvalue weighted by molar-refractivity contribution is 7.89. The number of carbonyl (C=O) groups excluding carboxylic acids is 2. The lowest BCUT2D eigenvalue weighted by Gasteiger charge is -2.35. The van der Waals surface area contributed by atoms with E-state index in [0.29, 0.717) is 6.54 Å². The molecule has 0 bridgehead atoms. The first-order valence-corrected chi connectivity index (χ1v) is 13.1. The molecule has 0 saturated carbocycles. The van der Waals surface area contributed by atoms with Gasteiger partial charge in [0.25, 0.3) is 5.91 Å². The van der Waals surface area contributed by atoms with Crippen molar-refractivity contribution in [2.75, 3.05) is 6.61 Å². The summed E-state index contributed by atoms with van der Waals surface area (Å²) in [6.45, 7) is 7.39. The van der Waals surface area contributed by atoms with Gasteiger partial charge in [-0.25, -0.2) is 17.9 Å². The maximum Gasteiger partial charge on any atom is 0.338 e. The van der Waals surface area contributed by atoms with E-state index >= 15 is 0 Å². The number of carbonyl (C=O) groups is 2. The van der Waals surface area contributed by atoms with Crippen LogP contribution < -0.4 is 4.72 Å². The minimum Gasteiger partial charge on any atom is -0.452 e. The predicted molar refractivity (Wildman–Crippen MR) is 139 cm³/mol. The number of esters is 1. The summed E-state index contributed by atoms with van der Waals surface area (Å²) in [5, 5.41) is 0. The second kappa shape index (κ2) is 11.5. The summed E-state index contributed by atoms with van der Waals surface area (Å²) in [6.07, 6.45) is 0. The highest BCUT2D eigenvalue weighted by atomic mass is 32.2. The molecule has 0 radical (unpaired) electrons. The van der Waals surface area contributed by atoms with Crippen LogP contribution in [0.15, 0.2) is 89.8 Å². The van der Waals surface area contributed by atoms with E-state index in [1.807, 2.05) is 81.4 Å². The summed E-state index contributed by atoms with van der Waals surface area (Å²) in [7, 11) is -3.90. The lowest BCUT2D eigenvalue weighted by Crippen LogP contribution is -2.46. The van der Waals surface area contributed by atoms with Crippen LogP contribution in [0.2, 0.25) is 0 Å². The number of rotatable bonds is 9. The Morgan fingerprint density at radius 2 is 1.53 bits per heavy atom. The van der Waals surface area contributed by atoms with Crippen LogP contribution in [0.25, 0.3) is 0 Å². The van der Waals surface area contributed by atoms with E-state index in [1.54, 1.807) is 11.8 Å². The van der Waals surface area contributed by atoms with E-state index in [1.165, 1.54) is 24.3 Å². The largest absolute Gasteiger partial charge is 0.452 e. The van der Waals surface area contributed by atoms with Crippen LogP contribution in [0.1, 0.15) is 55.2 Å². The van der Waals surface area contributed by atoms with Crippen LogP contribution >= 0.6 is 0 Å². The fourth-order valence-electron chi connectivity index (χ4n) is 3.65. The van der Waals surface area contributed by atoms with Gasteiger partial charge in [0.2, 0.25) is 10.0 Å². The molecule has 8 heteroatoms. The molecule has 0 fully saturated rings. The van der Waals surface area contributed by atoms with Crippen molar-refractivity contribution >= 4 is 21.9 Å². The molecule has 190 valence electrons. The Morgan fingerprint density at radius 1 is 0.917 bits per heavy atom. The number of nitrogens with zero attached hydrogens (tertiary/aromatic N) is 1. The van der Waals surface area contributed by atoms with Gasteiger partial charge < -0.3 is 9.64 Å². The Balaban J connectivity index is 1.68. The maximum absolute atomic E-state index is 13.0. The Morgan fingerprint density at radius 3 is 2.14 bits per heavy atom.